The second-order valence-corrected chi connectivity index (χ2v) is 4.47. The molecule has 0 amide bonds. The molecule has 1 aliphatic rings. The van der Waals surface area contributed by atoms with E-state index in [-0.39, 0.29) is 0 Å². The van der Waals surface area contributed by atoms with Crippen LogP contribution in [0.3, 0.4) is 0 Å². The van der Waals surface area contributed by atoms with E-state index in [1.54, 1.807) is 0 Å². The zero-order valence-electron chi connectivity index (χ0n) is 2.62. The van der Waals surface area contributed by atoms with Gasteiger partial charge in [-0.2, -0.15) is 0 Å². The van der Waals surface area contributed by atoms with Gasteiger partial charge in [-0.1, -0.05) is 45.2 Å². The smallest absolute Gasteiger partial charge is 0.0238 e. The Kier molecular flexibility index (Phi) is 1.40. The molecule has 0 saturated heterocycles. The van der Waals surface area contributed by atoms with E-state index in [4.69, 9.17) is 0 Å². The van der Waals surface area contributed by atoms with Gasteiger partial charge in [-0.15, -0.1) is 0 Å². The molecule has 5 heavy (non-hydrogen) atoms. The van der Waals surface area contributed by atoms with Crippen LogP contribution < -0.4 is 0 Å². The Morgan fingerprint density at radius 2 is 1.40 bits per heavy atom. The van der Waals surface area contributed by atoms with Gasteiger partial charge in [-0.05, 0) is 6.42 Å². The van der Waals surface area contributed by atoms with E-state index in [9.17, 15) is 0 Å². The molecule has 0 spiro atoms. The molecule has 0 heterocycles. The van der Waals surface area contributed by atoms with E-state index in [1.807, 2.05) is 0 Å². The van der Waals surface area contributed by atoms with Crippen LogP contribution in [0.25, 0.3) is 0 Å². The lowest BCUT2D eigenvalue weighted by Gasteiger charge is -1.62. The first-order chi connectivity index (χ1) is 2.30. The van der Waals surface area contributed by atoms with E-state index in [0.717, 1.165) is 7.85 Å². The van der Waals surface area contributed by atoms with Crippen molar-refractivity contribution in [2.75, 3.05) is 0 Å². The minimum atomic E-state index is 1.01. The van der Waals surface area contributed by atoms with Crippen molar-refractivity contribution in [3.63, 3.8) is 0 Å². The molecule has 0 aromatic heterocycles. The maximum atomic E-state index is 2.47. The van der Waals surface area contributed by atoms with E-state index in [1.165, 1.54) is 6.42 Å². The SMILES string of the molecule is I[C@@H]1C[C@@H]1I. The summed E-state index contributed by atoms with van der Waals surface area (Å²) in [5.74, 6) is 0. The molecule has 0 N–H and O–H groups in total. The zero-order valence-corrected chi connectivity index (χ0v) is 6.93. The second kappa shape index (κ2) is 1.52. The fraction of sp³-hybridized carbons (Fsp3) is 1.00. The molecule has 1 saturated carbocycles. The highest BCUT2D eigenvalue weighted by atomic mass is 127. The fourth-order valence-electron chi connectivity index (χ4n) is 0.137. The summed E-state index contributed by atoms with van der Waals surface area (Å²) in [4.78, 5) is 0. The average Bonchev–Trinajstić information content (AvgIpc) is 1.79. The van der Waals surface area contributed by atoms with Crippen LogP contribution in [0.2, 0.25) is 0 Å². The van der Waals surface area contributed by atoms with Crippen LogP contribution in [0.1, 0.15) is 6.42 Å². The highest BCUT2D eigenvalue weighted by molar-refractivity contribution is 14.1. The number of rotatable bonds is 0. The lowest BCUT2D eigenvalue weighted by atomic mass is 11.0. The largest absolute Gasteiger partial charge is 0.0814 e. The van der Waals surface area contributed by atoms with Gasteiger partial charge < -0.3 is 0 Å². The van der Waals surface area contributed by atoms with Crippen LogP contribution >= 0.6 is 45.2 Å². The summed E-state index contributed by atoms with van der Waals surface area (Å²) in [6.45, 7) is 0. The van der Waals surface area contributed by atoms with Crippen LogP contribution in [0.4, 0.5) is 0 Å². The molecule has 0 bridgehead atoms. The Labute approximate surface area is 59.0 Å². The molecule has 0 aromatic rings. The van der Waals surface area contributed by atoms with Gasteiger partial charge in [-0.3, -0.25) is 0 Å². The molecule has 2 atom stereocenters. The van der Waals surface area contributed by atoms with Crippen molar-refractivity contribution >= 4 is 45.2 Å². The fourth-order valence-corrected chi connectivity index (χ4v) is 2.21. The molecule has 0 radical (unpaired) electrons. The van der Waals surface area contributed by atoms with Crippen molar-refractivity contribution < 1.29 is 0 Å². The maximum absolute atomic E-state index is 2.47. The van der Waals surface area contributed by atoms with Crippen LogP contribution in [-0.2, 0) is 0 Å². The third-order valence-electron chi connectivity index (χ3n) is 0.640. The molecule has 30 valence electrons. The summed E-state index contributed by atoms with van der Waals surface area (Å²) in [7, 11) is 0. The van der Waals surface area contributed by atoms with E-state index >= 15 is 0 Å². The lowest BCUT2D eigenvalue weighted by molar-refractivity contribution is 1.55. The molecule has 0 nitrogen and oxygen atoms in total. The van der Waals surface area contributed by atoms with Crippen molar-refractivity contribution in [1.29, 1.82) is 0 Å². The van der Waals surface area contributed by atoms with Crippen LogP contribution in [-0.4, -0.2) is 7.85 Å². The summed E-state index contributed by atoms with van der Waals surface area (Å²) >= 11 is 4.95. The van der Waals surface area contributed by atoms with Crippen LogP contribution in [0, 0.1) is 0 Å². The lowest BCUT2D eigenvalue weighted by Crippen LogP contribution is -1.61. The average molecular weight is 294 g/mol. The Hall–Kier alpha value is 1.46. The van der Waals surface area contributed by atoms with Crippen molar-refractivity contribution in [2.24, 2.45) is 0 Å². The van der Waals surface area contributed by atoms with Gasteiger partial charge in [0.1, 0.15) is 0 Å². The van der Waals surface area contributed by atoms with Crippen molar-refractivity contribution in [3.05, 3.63) is 0 Å². The Balaban J connectivity index is 2.20. The molecule has 0 aliphatic heterocycles. The van der Waals surface area contributed by atoms with E-state index in [0.29, 0.717) is 0 Å². The number of alkyl halides is 2. The number of halogens is 2. The molecule has 0 aromatic carbocycles. The minimum Gasteiger partial charge on any atom is -0.0814 e. The van der Waals surface area contributed by atoms with Gasteiger partial charge in [0, 0.05) is 7.85 Å². The third-order valence-corrected chi connectivity index (χ3v) is 4.77. The molecule has 1 fully saturated rings. The van der Waals surface area contributed by atoms with Gasteiger partial charge in [0.15, 0.2) is 0 Å². The van der Waals surface area contributed by atoms with Crippen molar-refractivity contribution in [1.82, 2.24) is 0 Å². The number of hydrogen-bond donors (Lipinski definition) is 0. The molecule has 1 aliphatic carbocycles. The van der Waals surface area contributed by atoms with Gasteiger partial charge in [-0.25, -0.2) is 0 Å². The first-order valence-electron chi connectivity index (χ1n) is 1.59. The van der Waals surface area contributed by atoms with Crippen molar-refractivity contribution in [2.45, 2.75) is 14.3 Å². The molecule has 1 rings (SSSR count). The Morgan fingerprint density at radius 1 is 1.20 bits per heavy atom. The molecular formula is C3H4I2. The van der Waals surface area contributed by atoms with Gasteiger partial charge in [0.2, 0.25) is 0 Å². The summed E-state index contributed by atoms with van der Waals surface area (Å²) in [6.07, 6.45) is 1.45. The molecule has 0 unspecified atom stereocenters. The first-order valence-corrected chi connectivity index (χ1v) is 4.08. The topological polar surface area (TPSA) is 0 Å². The Bertz CT molecular complexity index is 38.2. The summed E-state index contributed by atoms with van der Waals surface area (Å²) in [5.41, 5.74) is 0. The zero-order chi connectivity index (χ0) is 3.86. The molecular weight excluding hydrogens is 290 g/mol. The van der Waals surface area contributed by atoms with Gasteiger partial charge >= 0.3 is 0 Å². The highest BCUT2D eigenvalue weighted by Crippen LogP contribution is 2.37. The van der Waals surface area contributed by atoms with Gasteiger partial charge in [0.05, 0.1) is 0 Å². The summed E-state index contributed by atoms with van der Waals surface area (Å²) < 4.78 is 2.02. The van der Waals surface area contributed by atoms with E-state index < -0.39 is 0 Å². The third kappa shape index (κ3) is 1.17. The maximum Gasteiger partial charge on any atom is 0.0238 e. The quantitative estimate of drug-likeness (QED) is 0.473. The van der Waals surface area contributed by atoms with Crippen LogP contribution in [0.15, 0.2) is 0 Å². The second-order valence-electron chi connectivity index (χ2n) is 1.27. The monoisotopic (exact) mass is 294 g/mol. The number of hydrogen-bond acceptors (Lipinski definition) is 0. The minimum absolute atomic E-state index is 1.01. The summed E-state index contributed by atoms with van der Waals surface area (Å²) in [6, 6.07) is 0. The van der Waals surface area contributed by atoms with Gasteiger partial charge in [0.25, 0.3) is 0 Å². The van der Waals surface area contributed by atoms with Crippen LogP contribution in [0.5, 0.6) is 0 Å². The predicted octanol–water partition coefficient (Wildman–Crippen LogP) is 2.00. The normalized spacial score (nSPS) is 49.2. The summed E-state index contributed by atoms with van der Waals surface area (Å²) in [5, 5.41) is 0. The van der Waals surface area contributed by atoms with E-state index in [2.05, 4.69) is 45.2 Å². The van der Waals surface area contributed by atoms with Crippen molar-refractivity contribution in [3.8, 4) is 0 Å². The highest BCUT2D eigenvalue weighted by Gasteiger charge is 2.30. The first kappa shape index (κ1) is 4.61. The predicted molar refractivity (Wildman–Crippen MR) is 40.2 cm³/mol. The molecule has 2 heteroatoms. The Morgan fingerprint density at radius 3 is 1.40 bits per heavy atom. The standard InChI is InChI=1S/C3H4I2/c4-2-1-3(2)5/h2-3H,1H2/t2-,3+.